The summed E-state index contributed by atoms with van der Waals surface area (Å²) in [5.74, 6) is -0.726. The molecule has 0 aromatic carbocycles. The van der Waals surface area contributed by atoms with Gasteiger partial charge in [0.2, 0.25) is 0 Å². The Hall–Kier alpha value is -3.46. The SMILES string of the molecule is C=Cc1cnc2c(ccn2-c2cncc(C3=NCC(=NC)N3)c2)c1.CN1CCC(F)(F)CC1. The maximum Gasteiger partial charge on any atom is 0.250 e. The van der Waals surface area contributed by atoms with E-state index in [1.54, 1.807) is 19.3 Å². The lowest BCUT2D eigenvalue weighted by Crippen LogP contribution is -2.36. The van der Waals surface area contributed by atoms with E-state index in [9.17, 15) is 8.78 Å². The van der Waals surface area contributed by atoms with Gasteiger partial charge in [0.25, 0.3) is 5.92 Å². The summed E-state index contributed by atoms with van der Waals surface area (Å²) in [7, 11) is 3.62. The molecule has 3 aromatic heterocycles. The van der Waals surface area contributed by atoms with Crippen LogP contribution in [-0.2, 0) is 0 Å². The van der Waals surface area contributed by atoms with Gasteiger partial charge in [0.05, 0.1) is 18.4 Å². The van der Waals surface area contributed by atoms with E-state index in [0.29, 0.717) is 19.6 Å². The minimum absolute atomic E-state index is 0.0312. The maximum absolute atomic E-state index is 12.4. The first kappa shape index (κ1) is 22.7. The van der Waals surface area contributed by atoms with Crippen LogP contribution in [0.3, 0.4) is 0 Å². The van der Waals surface area contributed by atoms with Gasteiger partial charge in [-0.3, -0.25) is 19.5 Å². The van der Waals surface area contributed by atoms with E-state index in [1.165, 1.54) is 0 Å². The van der Waals surface area contributed by atoms with Crippen molar-refractivity contribution in [3.63, 3.8) is 0 Å². The van der Waals surface area contributed by atoms with Crippen LogP contribution in [0, 0.1) is 0 Å². The van der Waals surface area contributed by atoms with Crippen LogP contribution in [0.5, 0.6) is 0 Å². The zero-order chi connectivity index (χ0) is 23.4. The van der Waals surface area contributed by atoms with Crippen molar-refractivity contribution < 1.29 is 8.78 Å². The number of piperidine rings is 1. The van der Waals surface area contributed by atoms with Gasteiger partial charge in [-0.05, 0) is 30.8 Å². The van der Waals surface area contributed by atoms with Gasteiger partial charge in [-0.25, -0.2) is 13.8 Å². The van der Waals surface area contributed by atoms with Gasteiger partial charge in [0.15, 0.2) is 0 Å². The number of fused-ring (bicyclic) bond motifs is 1. The van der Waals surface area contributed by atoms with Gasteiger partial charge in [-0.1, -0.05) is 12.7 Å². The highest BCUT2D eigenvalue weighted by molar-refractivity contribution is 6.14. The smallest absolute Gasteiger partial charge is 0.250 e. The minimum Gasteiger partial charge on any atom is -0.327 e. The third kappa shape index (κ3) is 5.31. The number of alkyl halides is 2. The van der Waals surface area contributed by atoms with Gasteiger partial charge in [-0.2, -0.15) is 0 Å². The number of pyridine rings is 2. The van der Waals surface area contributed by atoms with E-state index in [4.69, 9.17) is 0 Å². The molecule has 0 radical (unpaired) electrons. The Bertz CT molecular complexity index is 1200. The number of likely N-dealkylation sites (tertiary alicyclic amines) is 1. The van der Waals surface area contributed by atoms with Crippen molar-refractivity contribution in [3.8, 4) is 5.69 Å². The molecule has 1 N–H and O–H groups in total. The molecule has 0 amide bonds. The fraction of sp³-hybridized carbons (Fsp3) is 0.333. The molecule has 1 saturated heterocycles. The van der Waals surface area contributed by atoms with E-state index in [0.717, 1.165) is 39.5 Å². The first-order chi connectivity index (χ1) is 15.9. The van der Waals surface area contributed by atoms with Crippen molar-refractivity contribution in [1.29, 1.82) is 0 Å². The number of amidine groups is 2. The second kappa shape index (κ2) is 9.58. The molecule has 2 aliphatic rings. The monoisotopic (exact) mass is 451 g/mol. The standard InChI is InChI=1S/C18H16N6.C6H11F2N/c1-3-12-6-13-4-5-24(18(13)22-8-12)15-7-14(9-20-10-15)17-21-11-16(19-2)23-17;1-9-4-2-6(7,8)3-5-9/h3-10H,1,11H2,2H3,(H,19,21,23);2-5H2,1H3. The van der Waals surface area contributed by atoms with Crippen molar-refractivity contribution in [2.45, 2.75) is 18.8 Å². The molecule has 172 valence electrons. The summed E-state index contributed by atoms with van der Waals surface area (Å²) in [5.41, 5.74) is 3.75. The van der Waals surface area contributed by atoms with Crippen LogP contribution in [0.4, 0.5) is 8.78 Å². The Morgan fingerprint density at radius 3 is 2.64 bits per heavy atom. The molecule has 0 saturated carbocycles. The van der Waals surface area contributed by atoms with Crippen molar-refractivity contribution in [1.82, 2.24) is 24.8 Å². The average Bonchev–Trinajstić information content (AvgIpc) is 3.48. The Morgan fingerprint density at radius 2 is 1.97 bits per heavy atom. The number of rotatable bonds is 3. The lowest BCUT2D eigenvalue weighted by molar-refractivity contribution is -0.0504. The molecular weight excluding hydrogens is 424 g/mol. The average molecular weight is 452 g/mol. The molecular formula is C24H27F2N7. The minimum atomic E-state index is -2.38. The fourth-order valence-electron chi connectivity index (χ4n) is 3.66. The Kier molecular flexibility index (Phi) is 6.60. The molecule has 7 nitrogen and oxygen atoms in total. The van der Waals surface area contributed by atoms with E-state index >= 15 is 0 Å². The number of nitrogens with one attached hydrogen (secondary N) is 1. The van der Waals surface area contributed by atoms with E-state index in [2.05, 4.69) is 37.9 Å². The molecule has 1 fully saturated rings. The fourth-order valence-corrected chi connectivity index (χ4v) is 3.66. The largest absolute Gasteiger partial charge is 0.327 e. The van der Waals surface area contributed by atoms with Gasteiger partial charge in [0, 0.05) is 62.5 Å². The quantitative estimate of drug-likeness (QED) is 0.658. The van der Waals surface area contributed by atoms with Crippen LogP contribution < -0.4 is 5.32 Å². The van der Waals surface area contributed by atoms with Crippen molar-refractivity contribution in [3.05, 3.63) is 60.7 Å². The van der Waals surface area contributed by atoms with Crippen LogP contribution in [0.2, 0.25) is 0 Å². The van der Waals surface area contributed by atoms with Gasteiger partial charge < -0.3 is 10.2 Å². The zero-order valence-corrected chi connectivity index (χ0v) is 18.8. The summed E-state index contributed by atoms with van der Waals surface area (Å²) in [5, 5.41) is 4.27. The molecule has 0 atom stereocenters. The Morgan fingerprint density at radius 1 is 1.18 bits per heavy atom. The van der Waals surface area contributed by atoms with Gasteiger partial charge in [0.1, 0.15) is 17.3 Å². The molecule has 33 heavy (non-hydrogen) atoms. The zero-order valence-electron chi connectivity index (χ0n) is 18.8. The van der Waals surface area contributed by atoms with Gasteiger partial charge >= 0.3 is 0 Å². The second-order valence-corrected chi connectivity index (χ2v) is 8.12. The maximum atomic E-state index is 12.4. The van der Waals surface area contributed by atoms with Crippen molar-refractivity contribution in [2.75, 3.05) is 33.7 Å². The third-order valence-corrected chi connectivity index (χ3v) is 5.70. The molecule has 9 heteroatoms. The second-order valence-electron chi connectivity index (χ2n) is 8.12. The molecule has 5 rings (SSSR count). The van der Waals surface area contributed by atoms with Crippen LogP contribution >= 0.6 is 0 Å². The number of aliphatic imine (C=N–C) groups is 2. The molecule has 0 unspecified atom stereocenters. The molecule has 0 bridgehead atoms. The predicted octanol–water partition coefficient (Wildman–Crippen LogP) is 3.79. The molecule has 5 heterocycles. The Balaban J connectivity index is 0.000000243. The highest BCUT2D eigenvalue weighted by atomic mass is 19.3. The summed E-state index contributed by atoms with van der Waals surface area (Å²) in [4.78, 5) is 19.4. The lowest BCUT2D eigenvalue weighted by atomic mass is 10.1. The van der Waals surface area contributed by atoms with Gasteiger partial charge in [-0.15, -0.1) is 0 Å². The number of aromatic nitrogens is 3. The van der Waals surface area contributed by atoms with E-state index < -0.39 is 5.92 Å². The first-order valence-electron chi connectivity index (χ1n) is 10.8. The summed E-state index contributed by atoms with van der Waals surface area (Å²) >= 11 is 0. The normalized spacial score (nSPS) is 19.0. The molecule has 2 aliphatic heterocycles. The summed E-state index contributed by atoms with van der Waals surface area (Å²) in [6.07, 6.45) is 9.28. The number of nitrogens with zero attached hydrogens (tertiary/aromatic N) is 6. The van der Waals surface area contributed by atoms with Crippen LogP contribution in [0.1, 0.15) is 24.0 Å². The van der Waals surface area contributed by atoms with E-state index in [-0.39, 0.29) is 12.8 Å². The number of hydrogen-bond acceptors (Lipinski definition) is 5. The van der Waals surface area contributed by atoms with Crippen molar-refractivity contribution in [2.24, 2.45) is 9.98 Å². The first-order valence-corrected chi connectivity index (χ1v) is 10.8. The predicted molar refractivity (Wildman–Crippen MR) is 129 cm³/mol. The van der Waals surface area contributed by atoms with Crippen LogP contribution in [0.15, 0.2) is 59.6 Å². The summed E-state index contributed by atoms with van der Waals surface area (Å²) in [6.45, 7) is 5.43. The number of hydrogen-bond donors (Lipinski definition) is 1. The Labute approximate surface area is 191 Å². The highest BCUT2D eigenvalue weighted by Crippen LogP contribution is 2.26. The number of halogens is 2. The summed E-state index contributed by atoms with van der Waals surface area (Å²) < 4.78 is 26.7. The molecule has 0 aliphatic carbocycles. The molecule has 3 aromatic rings. The topological polar surface area (TPSA) is 70.7 Å². The van der Waals surface area contributed by atoms with Crippen LogP contribution in [-0.4, -0.2) is 70.8 Å². The summed E-state index contributed by atoms with van der Waals surface area (Å²) in [6, 6.07) is 6.14. The lowest BCUT2D eigenvalue weighted by Gasteiger charge is -2.28. The molecule has 0 spiro atoms. The van der Waals surface area contributed by atoms with Crippen LogP contribution in [0.25, 0.3) is 22.8 Å². The van der Waals surface area contributed by atoms with Crippen molar-refractivity contribution >= 4 is 28.8 Å². The highest BCUT2D eigenvalue weighted by Gasteiger charge is 2.32. The van der Waals surface area contributed by atoms with E-state index in [1.807, 2.05) is 47.2 Å². The third-order valence-electron chi connectivity index (χ3n) is 5.70.